The van der Waals surface area contributed by atoms with Gasteiger partial charge in [0.1, 0.15) is 0 Å². The van der Waals surface area contributed by atoms with Crippen molar-refractivity contribution in [3.63, 3.8) is 0 Å². The van der Waals surface area contributed by atoms with Crippen molar-refractivity contribution in [2.24, 2.45) is 5.41 Å². The van der Waals surface area contributed by atoms with Gasteiger partial charge in [-0.2, -0.15) is 0 Å². The first-order valence-corrected chi connectivity index (χ1v) is 8.13. The minimum Gasteiger partial charge on any atom is -0.358 e. The predicted octanol–water partition coefficient (Wildman–Crippen LogP) is 5.78. The summed E-state index contributed by atoms with van der Waals surface area (Å²) in [5.41, 5.74) is 4.91. The van der Waals surface area contributed by atoms with E-state index in [1.165, 1.54) is 21.9 Å². The number of hydrogen-bond donors (Lipinski definition) is 0. The fourth-order valence-electron chi connectivity index (χ4n) is 3.44. The molecule has 0 saturated carbocycles. The van der Waals surface area contributed by atoms with Crippen molar-refractivity contribution in [3.8, 4) is 0 Å². The van der Waals surface area contributed by atoms with Gasteiger partial charge < -0.3 is 11.8 Å². The average Bonchev–Trinajstić information content (AvgIpc) is 2.88. The Hall–Kier alpha value is -0.558. The Morgan fingerprint density at radius 2 is 1.85 bits per heavy atom. The SMILES string of the molecule is Cc1cn2c3ccc(CC(C)(C)C)cc3c3ccc[c-]c3c2n1.[CH3-].[Pt+2].[Y]. The molecule has 0 aliphatic rings. The van der Waals surface area contributed by atoms with Crippen molar-refractivity contribution >= 4 is 27.3 Å². The summed E-state index contributed by atoms with van der Waals surface area (Å²) >= 11 is 0. The minimum atomic E-state index is 0. The second kappa shape index (κ2) is 8.63. The quantitative estimate of drug-likeness (QED) is 0.200. The molecular weight excluding hydrogens is 576 g/mol. The summed E-state index contributed by atoms with van der Waals surface area (Å²) in [7, 11) is 0. The summed E-state index contributed by atoms with van der Waals surface area (Å²) in [6, 6.07) is 16.4. The molecule has 2 aromatic heterocycles. The van der Waals surface area contributed by atoms with Crippen LogP contribution in [0.5, 0.6) is 0 Å². The molecule has 4 heteroatoms. The number of hydrogen-bond acceptors (Lipinski definition) is 1. The number of imidazole rings is 1. The Kier molecular flexibility index (Phi) is 7.80. The van der Waals surface area contributed by atoms with E-state index in [2.05, 4.69) is 67.8 Å². The molecule has 0 aliphatic carbocycles. The fraction of sp³-hybridized carbons (Fsp3) is 0.273. The Bertz CT molecular complexity index is 1040. The van der Waals surface area contributed by atoms with Gasteiger partial charge in [-0.25, -0.2) is 0 Å². The van der Waals surface area contributed by atoms with Crippen LogP contribution in [0.1, 0.15) is 32.0 Å². The summed E-state index contributed by atoms with van der Waals surface area (Å²) in [5, 5.41) is 3.61. The molecule has 0 N–H and O–H groups in total. The first kappa shape index (κ1) is 23.5. The normalized spacial score (nSPS) is 11.1. The van der Waals surface area contributed by atoms with Gasteiger partial charge in [-0.05, 0) is 35.8 Å². The van der Waals surface area contributed by atoms with Crippen molar-refractivity contribution in [1.82, 2.24) is 9.38 Å². The molecule has 0 atom stereocenters. The molecule has 0 bridgehead atoms. The Morgan fingerprint density at radius 1 is 1.12 bits per heavy atom. The molecule has 2 heterocycles. The van der Waals surface area contributed by atoms with E-state index in [0.29, 0.717) is 0 Å². The van der Waals surface area contributed by atoms with E-state index in [1.54, 1.807) is 0 Å². The number of benzene rings is 2. The van der Waals surface area contributed by atoms with E-state index >= 15 is 0 Å². The zero-order chi connectivity index (χ0) is 16.2. The molecule has 2 aromatic carbocycles. The van der Waals surface area contributed by atoms with Crippen LogP contribution < -0.4 is 0 Å². The van der Waals surface area contributed by atoms with E-state index < -0.39 is 0 Å². The van der Waals surface area contributed by atoms with Crippen LogP contribution in [0.4, 0.5) is 0 Å². The number of aromatic nitrogens is 2. The first-order valence-electron chi connectivity index (χ1n) is 8.13. The van der Waals surface area contributed by atoms with Crippen LogP contribution in [0, 0.1) is 25.8 Å². The van der Waals surface area contributed by atoms with Crippen molar-refractivity contribution in [3.05, 3.63) is 67.3 Å². The summed E-state index contributed by atoms with van der Waals surface area (Å²) in [5.74, 6) is 0. The van der Waals surface area contributed by atoms with E-state index in [9.17, 15) is 0 Å². The second-order valence-electron chi connectivity index (χ2n) is 7.62. The molecule has 135 valence electrons. The van der Waals surface area contributed by atoms with Gasteiger partial charge in [-0.1, -0.05) is 38.3 Å². The van der Waals surface area contributed by atoms with Crippen molar-refractivity contribution in [2.45, 2.75) is 34.1 Å². The Labute approximate surface area is 195 Å². The summed E-state index contributed by atoms with van der Waals surface area (Å²) < 4.78 is 2.20. The number of fused-ring (bicyclic) bond motifs is 6. The molecule has 0 fully saturated rings. The van der Waals surface area contributed by atoms with Gasteiger partial charge in [-0.15, -0.1) is 29.7 Å². The Morgan fingerprint density at radius 3 is 2.54 bits per heavy atom. The van der Waals surface area contributed by atoms with E-state index in [0.717, 1.165) is 23.1 Å². The molecule has 2 nitrogen and oxygen atoms in total. The molecule has 0 saturated heterocycles. The van der Waals surface area contributed by atoms with Crippen molar-refractivity contribution in [2.75, 3.05) is 0 Å². The van der Waals surface area contributed by atoms with Crippen LogP contribution >= 0.6 is 0 Å². The predicted molar refractivity (Wildman–Crippen MR) is 103 cm³/mol. The van der Waals surface area contributed by atoms with Crippen LogP contribution in [0.3, 0.4) is 0 Å². The van der Waals surface area contributed by atoms with Gasteiger partial charge in [0.2, 0.25) is 0 Å². The zero-order valence-corrected chi connectivity index (χ0v) is 21.1. The number of pyridine rings is 1. The maximum atomic E-state index is 4.70. The van der Waals surface area contributed by atoms with E-state index in [1.807, 2.05) is 13.0 Å². The van der Waals surface area contributed by atoms with E-state index in [4.69, 9.17) is 4.98 Å². The van der Waals surface area contributed by atoms with Gasteiger partial charge in [0, 0.05) is 50.1 Å². The third kappa shape index (κ3) is 4.29. The fourth-order valence-corrected chi connectivity index (χ4v) is 3.44. The van der Waals surface area contributed by atoms with Crippen LogP contribution in [-0.4, -0.2) is 9.38 Å². The van der Waals surface area contributed by atoms with Crippen molar-refractivity contribution < 1.29 is 53.8 Å². The van der Waals surface area contributed by atoms with Crippen LogP contribution in [0.2, 0.25) is 0 Å². The molecule has 1 radical (unpaired) electrons. The van der Waals surface area contributed by atoms with Crippen molar-refractivity contribution in [1.29, 1.82) is 0 Å². The monoisotopic (exact) mass is 600 g/mol. The molecular formula is C22H24N2PtY. The van der Waals surface area contributed by atoms with Crippen LogP contribution in [-0.2, 0) is 60.2 Å². The summed E-state index contributed by atoms with van der Waals surface area (Å²) in [6.07, 6.45) is 3.18. The second-order valence-corrected chi connectivity index (χ2v) is 7.62. The van der Waals surface area contributed by atoms with Crippen LogP contribution in [0.25, 0.3) is 27.3 Å². The molecule has 4 aromatic rings. The summed E-state index contributed by atoms with van der Waals surface area (Å²) in [4.78, 5) is 4.70. The Balaban J connectivity index is 0.00000113. The standard InChI is InChI=1S/C21H21N2.CH3.Pt.Y/c1-14-13-23-19-10-9-15(12-21(2,3)4)11-18(19)16-7-5-6-8-17(16)20(23)22-14;;;/h5-7,9-11,13H,12H2,1-4H3;1H3;;/q2*-1;+2;. The van der Waals surface area contributed by atoms with Gasteiger partial charge in [0.15, 0.2) is 0 Å². The third-order valence-corrected chi connectivity index (χ3v) is 4.25. The smallest absolute Gasteiger partial charge is 0.358 e. The average molecular weight is 600 g/mol. The third-order valence-electron chi connectivity index (χ3n) is 4.25. The molecule has 0 amide bonds. The van der Waals surface area contributed by atoms with Gasteiger partial charge >= 0.3 is 21.1 Å². The zero-order valence-electron chi connectivity index (χ0n) is 16.0. The molecule has 0 spiro atoms. The van der Waals surface area contributed by atoms with Gasteiger partial charge in [0.25, 0.3) is 0 Å². The molecule has 0 unspecified atom stereocenters. The molecule has 0 aliphatic heterocycles. The molecule has 4 rings (SSSR count). The molecule has 26 heavy (non-hydrogen) atoms. The van der Waals surface area contributed by atoms with E-state index in [-0.39, 0.29) is 66.6 Å². The topological polar surface area (TPSA) is 17.3 Å². The van der Waals surface area contributed by atoms with Crippen LogP contribution in [0.15, 0.2) is 42.6 Å². The number of rotatable bonds is 1. The number of nitrogens with zero attached hydrogens (tertiary/aromatic N) is 2. The van der Waals surface area contributed by atoms with Gasteiger partial charge in [0.05, 0.1) is 5.65 Å². The minimum absolute atomic E-state index is 0. The van der Waals surface area contributed by atoms with Gasteiger partial charge in [-0.3, -0.25) is 4.98 Å². The first-order chi connectivity index (χ1) is 10.9. The maximum Gasteiger partial charge on any atom is 2.00 e. The largest absolute Gasteiger partial charge is 2.00 e. The summed E-state index contributed by atoms with van der Waals surface area (Å²) in [6.45, 7) is 8.89. The maximum absolute atomic E-state index is 4.70. The number of aryl methyl sites for hydroxylation is 1.